The predicted octanol–water partition coefficient (Wildman–Crippen LogP) is 1.44. The second-order valence-corrected chi connectivity index (χ2v) is 4.30. The maximum absolute atomic E-state index is 9.66. The second-order valence-electron chi connectivity index (χ2n) is 4.30. The quantitative estimate of drug-likeness (QED) is 0.762. The Labute approximate surface area is 100 Å². The number of aliphatic hydroxyl groups excluding tert-OH is 1. The lowest BCUT2D eigenvalue weighted by molar-refractivity contribution is 0.349. The lowest BCUT2D eigenvalue weighted by Gasteiger charge is -2.14. The average Bonchev–Trinajstić information content (AvgIpc) is 2.55. The van der Waals surface area contributed by atoms with E-state index in [1.807, 2.05) is 12.1 Å². The van der Waals surface area contributed by atoms with Crippen molar-refractivity contribution < 1.29 is 5.11 Å². The Morgan fingerprint density at radius 2 is 1.94 bits per heavy atom. The fourth-order valence-electron chi connectivity index (χ4n) is 2.45. The van der Waals surface area contributed by atoms with Crippen molar-refractivity contribution in [2.45, 2.75) is 6.42 Å². The van der Waals surface area contributed by atoms with Gasteiger partial charge in [-0.15, -0.1) is 0 Å². The summed E-state index contributed by atoms with van der Waals surface area (Å²) in [5.74, 6) is 0. The highest BCUT2D eigenvalue weighted by molar-refractivity contribution is 5.76. The molecular weight excluding hydrogens is 208 g/mol. The van der Waals surface area contributed by atoms with Crippen molar-refractivity contribution in [2.24, 2.45) is 0 Å². The van der Waals surface area contributed by atoms with Crippen LogP contribution in [0.2, 0.25) is 0 Å². The van der Waals surface area contributed by atoms with Gasteiger partial charge < -0.3 is 5.11 Å². The fourth-order valence-corrected chi connectivity index (χ4v) is 2.45. The van der Waals surface area contributed by atoms with Crippen LogP contribution in [-0.4, -0.2) is 11.7 Å². The van der Waals surface area contributed by atoms with Crippen LogP contribution >= 0.6 is 0 Å². The minimum atomic E-state index is 0.0852. The van der Waals surface area contributed by atoms with Gasteiger partial charge in [-0.1, -0.05) is 54.6 Å². The number of rotatable bonds is 1. The van der Waals surface area contributed by atoms with Crippen molar-refractivity contribution in [3.63, 3.8) is 0 Å². The monoisotopic (exact) mass is 222 g/mol. The van der Waals surface area contributed by atoms with Crippen molar-refractivity contribution in [3.8, 4) is 0 Å². The molecule has 1 heteroatoms. The lowest BCUT2D eigenvalue weighted by Crippen LogP contribution is -2.27. The van der Waals surface area contributed by atoms with Crippen molar-refractivity contribution >= 4 is 11.6 Å². The smallest absolute Gasteiger partial charge is 0.0693 e. The molecule has 1 aromatic carbocycles. The molecule has 2 aliphatic carbocycles. The summed E-state index contributed by atoms with van der Waals surface area (Å²) in [7, 11) is 0. The van der Waals surface area contributed by atoms with Gasteiger partial charge in [0.25, 0.3) is 0 Å². The highest BCUT2D eigenvalue weighted by Crippen LogP contribution is 2.26. The maximum Gasteiger partial charge on any atom is 0.0693 e. The van der Waals surface area contributed by atoms with Gasteiger partial charge in [0.2, 0.25) is 0 Å². The van der Waals surface area contributed by atoms with E-state index in [-0.39, 0.29) is 6.61 Å². The number of benzene rings is 1. The molecule has 0 spiro atoms. The molecule has 0 amide bonds. The molecule has 1 aromatic rings. The molecule has 0 saturated heterocycles. The molecule has 3 rings (SSSR count). The highest BCUT2D eigenvalue weighted by atomic mass is 16.3. The first-order chi connectivity index (χ1) is 8.40. The molecule has 0 fully saturated rings. The van der Waals surface area contributed by atoms with Crippen LogP contribution in [0.4, 0.5) is 0 Å². The van der Waals surface area contributed by atoms with E-state index in [2.05, 4.69) is 42.5 Å². The van der Waals surface area contributed by atoms with Gasteiger partial charge in [0, 0.05) is 0 Å². The van der Waals surface area contributed by atoms with Crippen LogP contribution in [0, 0.1) is 0 Å². The van der Waals surface area contributed by atoms with Gasteiger partial charge >= 0.3 is 0 Å². The summed E-state index contributed by atoms with van der Waals surface area (Å²) in [4.78, 5) is 0. The molecule has 0 unspecified atom stereocenters. The predicted molar refractivity (Wildman–Crippen MR) is 70.6 cm³/mol. The molecular formula is C16H14O. The Hall–Kier alpha value is -1.86. The van der Waals surface area contributed by atoms with Crippen molar-refractivity contribution in [1.29, 1.82) is 0 Å². The molecule has 2 aliphatic rings. The maximum atomic E-state index is 9.66. The summed E-state index contributed by atoms with van der Waals surface area (Å²) in [6, 6.07) is 8.22. The fraction of sp³-hybridized carbons (Fsp3) is 0.125. The standard InChI is InChI=1S/C16H14O/c17-11-16-14-7-3-1-5-12(14)9-10-13-6-2-4-8-15(13)16/h1-5,7-10,17H,6,11H2. The summed E-state index contributed by atoms with van der Waals surface area (Å²) >= 11 is 0. The first-order valence-corrected chi connectivity index (χ1v) is 5.87. The first-order valence-electron chi connectivity index (χ1n) is 5.87. The molecule has 17 heavy (non-hydrogen) atoms. The van der Waals surface area contributed by atoms with E-state index in [1.165, 1.54) is 16.4 Å². The third-order valence-corrected chi connectivity index (χ3v) is 3.32. The number of hydrogen-bond acceptors (Lipinski definition) is 1. The lowest BCUT2D eigenvalue weighted by atomic mass is 9.91. The first kappa shape index (κ1) is 10.3. The van der Waals surface area contributed by atoms with Crippen LogP contribution in [0.1, 0.15) is 6.42 Å². The Balaban J connectivity index is 2.40. The molecule has 0 heterocycles. The summed E-state index contributed by atoms with van der Waals surface area (Å²) in [5.41, 5.74) is 3.49. The number of allylic oxidation sites excluding steroid dienone is 5. The van der Waals surface area contributed by atoms with Crippen LogP contribution in [-0.2, 0) is 0 Å². The zero-order valence-electron chi connectivity index (χ0n) is 9.56. The van der Waals surface area contributed by atoms with E-state index < -0.39 is 0 Å². The van der Waals surface area contributed by atoms with Crippen molar-refractivity contribution in [2.75, 3.05) is 6.61 Å². The van der Waals surface area contributed by atoms with Crippen molar-refractivity contribution in [1.82, 2.24) is 0 Å². The summed E-state index contributed by atoms with van der Waals surface area (Å²) in [6.45, 7) is 0.0852. The minimum Gasteiger partial charge on any atom is -0.392 e. The normalized spacial score (nSPS) is 17.4. The van der Waals surface area contributed by atoms with Gasteiger partial charge in [0.1, 0.15) is 0 Å². The molecule has 1 nitrogen and oxygen atoms in total. The highest BCUT2D eigenvalue weighted by Gasteiger charge is 2.13. The van der Waals surface area contributed by atoms with Crippen LogP contribution in [0.15, 0.2) is 59.7 Å². The Morgan fingerprint density at radius 3 is 2.82 bits per heavy atom. The van der Waals surface area contributed by atoms with E-state index >= 15 is 0 Å². The van der Waals surface area contributed by atoms with E-state index in [4.69, 9.17) is 0 Å². The van der Waals surface area contributed by atoms with Crippen LogP contribution in [0.3, 0.4) is 0 Å². The van der Waals surface area contributed by atoms with E-state index in [0.29, 0.717) is 0 Å². The molecule has 84 valence electrons. The molecule has 0 bridgehead atoms. The van der Waals surface area contributed by atoms with Gasteiger partial charge in [-0.3, -0.25) is 0 Å². The van der Waals surface area contributed by atoms with Gasteiger partial charge in [-0.25, -0.2) is 0 Å². The molecule has 0 radical (unpaired) electrons. The van der Waals surface area contributed by atoms with Gasteiger partial charge in [0.05, 0.1) is 6.61 Å². The van der Waals surface area contributed by atoms with Crippen LogP contribution in [0.25, 0.3) is 11.6 Å². The Bertz CT molecular complexity index is 657. The van der Waals surface area contributed by atoms with E-state index in [9.17, 15) is 5.11 Å². The number of aliphatic hydroxyl groups is 1. The molecule has 0 aromatic heterocycles. The third kappa shape index (κ3) is 1.69. The van der Waals surface area contributed by atoms with Crippen molar-refractivity contribution in [3.05, 3.63) is 70.2 Å². The SMILES string of the molecule is OCC1=c2ccccc2=CC=C2CC=CC=C21. The Morgan fingerprint density at radius 1 is 1.06 bits per heavy atom. The zero-order valence-corrected chi connectivity index (χ0v) is 9.56. The second kappa shape index (κ2) is 4.19. The third-order valence-electron chi connectivity index (χ3n) is 3.32. The van der Waals surface area contributed by atoms with Gasteiger partial charge in [-0.2, -0.15) is 0 Å². The molecule has 0 aliphatic heterocycles. The number of fused-ring (bicyclic) bond motifs is 2. The summed E-state index contributed by atoms with van der Waals surface area (Å²) in [6.07, 6.45) is 11.6. The van der Waals surface area contributed by atoms with Crippen LogP contribution < -0.4 is 10.4 Å². The largest absolute Gasteiger partial charge is 0.392 e. The zero-order chi connectivity index (χ0) is 11.7. The summed E-state index contributed by atoms with van der Waals surface area (Å²) < 4.78 is 0. The Kier molecular flexibility index (Phi) is 2.54. The summed E-state index contributed by atoms with van der Waals surface area (Å²) in [5, 5.41) is 12.0. The van der Waals surface area contributed by atoms with Crippen LogP contribution in [0.5, 0.6) is 0 Å². The van der Waals surface area contributed by atoms with Gasteiger partial charge in [0.15, 0.2) is 0 Å². The van der Waals surface area contributed by atoms with E-state index in [1.54, 1.807) is 0 Å². The van der Waals surface area contributed by atoms with Gasteiger partial charge in [-0.05, 0) is 33.6 Å². The average molecular weight is 222 g/mol. The molecule has 0 saturated carbocycles. The molecule has 1 N–H and O–H groups in total. The van der Waals surface area contributed by atoms with E-state index in [0.717, 1.165) is 17.2 Å². The number of hydrogen-bond donors (Lipinski definition) is 1. The molecule has 0 atom stereocenters. The topological polar surface area (TPSA) is 20.2 Å². The minimum absolute atomic E-state index is 0.0852.